The van der Waals surface area contributed by atoms with Gasteiger partial charge in [-0.25, -0.2) is 0 Å². The Labute approximate surface area is 177 Å². The Bertz CT molecular complexity index is 676. The lowest BCUT2D eigenvalue weighted by Gasteiger charge is -2.54. The van der Waals surface area contributed by atoms with Gasteiger partial charge in [-0.05, 0) is 113 Å². The van der Waals surface area contributed by atoms with Crippen molar-refractivity contribution < 1.29 is 9.90 Å². The van der Waals surface area contributed by atoms with Gasteiger partial charge in [-0.3, -0.25) is 9.69 Å². The second kappa shape index (κ2) is 7.48. The summed E-state index contributed by atoms with van der Waals surface area (Å²) in [4.78, 5) is 15.8. The zero-order valence-corrected chi connectivity index (χ0v) is 18.7. The van der Waals surface area contributed by atoms with Gasteiger partial charge in [-0.1, -0.05) is 25.0 Å². The SMILES string of the molecule is C[C@@]1(O)CC[C@H]2C(=CC[C@@H]3[C@@H]2CC[C@]2(C)[C@@H](C(=O)CN4CCCCC4)CC[C@@H]32)C1. The summed E-state index contributed by atoms with van der Waals surface area (Å²) < 4.78 is 0. The highest BCUT2D eigenvalue weighted by Crippen LogP contribution is 2.63. The van der Waals surface area contributed by atoms with E-state index in [1.165, 1.54) is 51.4 Å². The van der Waals surface area contributed by atoms with Crippen LogP contribution in [0.5, 0.6) is 0 Å². The minimum atomic E-state index is -0.488. The fourth-order valence-electron chi connectivity index (χ4n) is 8.44. The van der Waals surface area contributed by atoms with Gasteiger partial charge in [0, 0.05) is 5.92 Å². The molecule has 3 saturated carbocycles. The summed E-state index contributed by atoms with van der Waals surface area (Å²) in [6, 6.07) is 0. The molecule has 1 heterocycles. The molecule has 0 unspecified atom stereocenters. The number of aliphatic hydroxyl groups is 1. The summed E-state index contributed by atoms with van der Waals surface area (Å²) in [6.45, 7) is 7.46. The van der Waals surface area contributed by atoms with Crippen molar-refractivity contribution >= 4 is 5.78 Å². The lowest BCUT2D eigenvalue weighted by molar-refractivity contribution is -0.130. The van der Waals surface area contributed by atoms with Gasteiger partial charge >= 0.3 is 0 Å². The van der Waals surface area contributed by atoms with Crippen LogP contribution in [0.25, 0.3) is 0 Å². The van der Waals surface area contributed by atoms with Crippen molar-refractivity contribution in [3.8, 4) is 0 Å². The maximum atomic E-state index is 13.4. The van der Waals surface area contributed by atoms with E-state index in [9.17, 15) is 9.90 Å². The molecule has 0 radical (unpaired) electrons. The van der Waals surface area contributed by atoms with Crippen LogP contribution in [0, 0.1) is 35.0 Å². The smallest absolute Gasteiger partial charge is 0.150 e. The first-order valence-electron chi connectivity index (χ1n) is 12.5. The summed E-state index contributed by atoms with van der Waals surface area (Å²) in [5.74, 6) is 3.88. The third-order valence-corrected chi connectivity index (χ3v) is 9.93. The summed E-state index contributed by atoms with van der Waals surface area (Å²) in [6.07, 6.45) is 15.5. The number of carbonyl (C=O) groups is 1. The highest BCUT2D eigenvalue weighted by atomic mass is 16.3. The molecule has 5 aliphatic rings. The molecule has 4 fully saturated rings. The van der Waals surface area contributed by atoms with Gasteiger partial charge in [0.2, 0.25) is 0 Å². The number of fused-ring (bicyclic) bond motifs is 5. The molecular weight excluding hydrogens is 358 g/mol. The number of piperidine rings is 1. The molecule has 29 heavy (non-hydrogen) atoms. The molecular formula is C26H41NO2. The van der Waals surface area contributed by atoms with Crippen LogP contribution >= 0.6 is 0 Å². The van der Waals surface area contributed by atoms with Crippen LogP contribution in [0.3, 0.4) is 0 Å². The van der Waals surface area contributed by atoms with Crippen molar-refractivity contribution in [3.63, 3.8) is 0 Å². The number of hydrogen-bond acceptors (Lipinski definition) is 3. The fourth-order valence-corrected chi connectivity index (χ4v) is 8.44. The third-order valence-electron chi connectivity index (χ3n) is 9.93. The Morgan fingerprint density at radius 2 is 1.86 bits per heavy atom. The zero-order chi connectivity index (χ0) is 20.2. The normalized spacial score (nSPS) is 47.7. The molecule has 0 amide bonds. The molecule has 1 N–H and O–H groups in total. The highest BCUT2D eigenvalue weighted by molar-refractivity contribution is 5.84. The third kappa shape index (κ3) is 3.55. The average Bonchev–Trinajstić information content (AvgIpc) is 3.05. The Hall–Kier alpha value is -0.670. The second-order valence-electron chi connectivity index (χ2n) is 11.7. The minimum absolute atomic E-state index is 0.236. The van der Waals surface area contributed by atoms with E-state index in [1.54, 1.807) is 5.57 Å². The lowest BCUT2D eigenvalue weighted by atomic mass is 9.51. The topological polar surface area (TPSA) is 40.5 Å². The van der Waals surface area contributed by atoms with Crippen molar-refractivity contribution in [2.75, 3.05) is 19.6 Å². The van der Waals surface area contributed by atoms with Crippen molar-refractivity contribution in [2.45, 2.75) is 90.1 Å². The summed E-state index contributed by atoms with van der Waals surface area (Å²) >= 11 is 0. The van der Waals surface area contributed by atoms with Gasteiger partial charge in [0.25, 0.3) is 0 Å². The number of ketones is 1. The number of likely N-dealkylation sites (tertiary alicyclic amines) is 1. The van der Waals surface area contributed by atoms with Crippen LogP contribution in [0.4, 0.5) is 0 Å². The number of nitrogens with zero attached hydrogens (tertiary/aromatic N) is 1. The largest absolute Gasteiger partial charge is 0.390 e. The van der Waals surface area contributed by atoms with Gasteiger partial charge in [0.05, 0.1) is 12.1 Å². The molecule has 3 nitrogen and oxygen atoms in total. The predicted molar refractivity (Wildman–Crippen MR) is 116 cm³/mol. The maximum absolute atomic E-state index is 13.4. The molecule has 0 aromatic heterocycles. The van der Waals surface area contributed by atoms with Crippen molar-refractivity contribution in [3.05, 3.63) is 11.6 Å². The average molecular weight is 400 g/mol. The van der Waals surface area contributed by atoms with Gasteiger partial charge in [-0.15, -0.1) is 0 Å². The second-order valence-corrected chi connectivity index (χ2v) is 11.7. The predicted octanol–water partition coefficient (Wildman–Crippen LogP) is 4.98. The fraction of sp³-hybridized carbons (Fsp3) is 0.885. The van der Waals surface area contributed by atoms with E-state index in [0.29, 0.717) is 24.2 Å². The van der Waals surface area contributed by atoms with E-state index in [-0.39, 0.29) is 5.41 Å². The van der Waals surface area contributed by atoms with E-state index in [1.807, 2.05) is 6.92 Å². The van der Waals surface area contributed by atoms with E-state index >= 15 is 0 Å². The van der Waals surface area contributed by atoms with Gasteiger partial charge in [0.15, 0.2) is 0 Å². The van der Waals surface area contributed by atoms with E-state index in [0.717, 1.165) is 50.1 Å². The molecule has 7 atom stereocenters. The first kappa shape index (κ1) is 20.2. The number of carbonyl (C=O) groups excluding carboxylic acids is 1. The lowest BCUT2D eigenvalue weighted by Crippen LogP contribution is -2.49. The molecule has 3 heteroatoms. The highest BCUT2D eigenvalue weighted by Gasteiger charge is 2.57. The number of hydrogen-bond donors (Lipinski definition) is 1. The van der Waals surface area contributed by atoms with Gasteiger partial charge < -0.3 is 5.11 Å². The maximum Gasteiger partial charge on any atom is 0.150 e. The monoisotopic (exact) mass is 399 g/mol. The van der Waals surface area contributed by atoms with E-state index in [4.69, 9.17) is 0 Å². The number of Topliss-reactive ketones (excluding diaryl/α,β-unsaturated/α-hetero) is 1. The van der Waals surface area contributed by atoms with Crippen molar-refractivity contribution in [2.24, 2.45) is 35.0 Å². The minimum Gasteiger partial charge on any atom is -0.390 e. The summed E-state index contributed by atoms with van der Waals surface area (Å²) in [7, 11) is 0. The first-order chi connectivity index (χ1) is 13.9. The Morgan fingerprint density at radius 3 is 2.66 bits per heavy atom. The molecule has 0 bridgehead atoms. The first-order valence-corrected chi connectivity index (χ1v) is 12.5. The van der Waals surface area contributed by atoms with Crippen LogP contribution in [0.2, 0.25) is 0 Å². The molecule has 4 aliphatic carbocycles. The number of allylic oxidation sites excluding steroid dienone is 1. The molecule has 1 aliphatic heterocycles. The van der Waals surface area contributed by atoms with Crippen LogP contribution in [-0.4, -0.2) is 41.0 Å². The van der Waals surface area contributed by atoms with Crippen LogP contribution in [0.1, 0.15) is 84.5 Å². The van der Waals surface area contributed by atoms with Crippen LogP contribution < -0.4 is 0 Å². The molecule has 0 aromatic rings. The summed E-state index contributed by atoms with van der Waals surface area (Å²) in [5, 5.41) is 10.5. The Kier molecular flexibility index (Phi) is 5.22. The summed E-state index contributed by atoms with van der Waals surface area (Å²) in [5.41, 5.74) is 1.30. The quantitative estimate of drug-likeness (QED) is 0.680. The Morgan fingerprint density at radius 1 is 1.07 bits per heavy atom. The van der Waals surface area contributed by atoms with Crippen molar-refractivity contribution in [1.29, 1.82) is 0 Å². The standard InChI is InChI=1S/C26H41NO2/c1-25(29)12-10-19-18(16-25)6-7-21-20(19)11-13-26(2)22(21)8-9-23(26)24(28)17-27-14-4-3-5-15-27/h6,19-23,29H,3-5,7-17H2,1-2H3/t19-,20+,21+,22-,23+,25+,26-/m0/s1. The molecule has 1 saturated heterocycles. The number of rotatable bonds is 3. The Balaban J connectivity index is 1.30. The van der Waals surface area contributed by atoms with Crippen molar-refractivity contribution in [1.82, 2.24) is 4.90 Å². The molecule has 0 aromatic carbocycles. The van der Waals surface area contributed by atoms with Gasteiger partial charge in [0.1, 0.15) is 5.78 Å². The molecule has 5 rings (SSSR count). The zero-order valence-electron chi connectivity index (χ0n) is 18.7. The van der Waals surface area contributed by atoms with Crippen LogP contribution in [-0.2, 0) is 4.79 Å². The van der Waals surface area contributed by atoms with Gasteiger partial charge in [-0.2, -0.15) is 0 Å². The van der Waals surface area contributed by atoms with Crippen LogP contribution in [0.15, 0.2) is 11.6 Å². The van der Waals surface area contributed by atoms with E-state index in [2.05, 4.69) is 17.9 Å². The van der Waals surface area contributed by atoms with E-state index < -0.39 is 5.60 Å². The molecule has 0 spiro atoms. The molecule has 162 valence electrons.